The van der Waals surface area contributed by atoms with Gasteiger partial charge in [-0.3, -0.25) is 10.1 Å². The van der Waals surface area contributed by atoms with Gasteiger partial charge in [0.25, 0.3) is 5.69 Å². The molecule has 2 aromatic rings. The lowest BCUT2D eigenvalue weighted by Crippen LogP contribution is -2.04. The van der Waals surface area contributed by atoms with Crippen molar-refractivity contribution < 1.29 is 4.92 Å². The number of nitrogens with one attached hydrogen (secondary N) is 1. The summed E-state index contributed by atoms with van der Waals surface area (Å²) in [6.07, 6.45) is 0. The quantitative estimate of drug-likeness (QED) is 0.625. The Morgan fingerprint density at radius 1 is 1.35 bits per heavy atom. The molecule has 0 bridgehead atoms. The number of anilines is 1. The summed E-state index contributed by atoms with van der Waals surface area (Å²) < 4.78 is 0.687. The predicted molar refractivity (Wildman–Crippen MR) is 84.3 cm³/mol. The molecule has 0 fully saturated rings. The maximum Gasteiger partial charge on any atom is 0.275 e. The van der Waals surface area contributed by atoms with Crippen LogP contribution < -0.4 is 5.32 Å². The largest absolute Gasteiger partial charge is 0.380 e. The third kappa shape index (κ3) is 3.29. The van der Waals surface area contributed by atoms with Gasteiger partial charge in [-0.2, -0.15) is 0 Å². The van der Waals surface area contributed by atoms with Crippen LogP contribution in [0.5, 0.6) is 0 Å². The Kier molecular flexibility index (Phi) is 4.62. The van der Waals surface area contributed by atoms with Crippen LogP contribution in [0.15, 0.2) is 40.9 Å². The molecule has 104 valence electrons. The Labute approximate surface area is 130 Å². The van der Waals surface area contributed by atoms with Gasteiger partial charge in [-0.15, -0.1) is 0 Å². The number of nitrogens with zero attached hydrogens (tertiary/aromatic N) is 1. The van der Waals surface area contributed by atoms with Crippen LogP contribution in [0.2, 0.25) is 5.02 Å². The monoisotopic (exact) mass is 354 g/mol. The number of benzene rings is 2. The molecule has 0 aliphatic heterocycles. The Balaban J connectivity index is 2.23. The van der Waals surface area contributed by atoms with Gasteiger partial charge < -0.3 is 5.32 Å². The second-order valence-electron chi connectivity index (χ2n) is 4.30. The zero-order valence-corrected chi connectivity index (χ0v) is 13.0. The van der Waals surface area contributed by atoms with Crippen LogP contribution in [-0.2, 0) is 6.54 Å². The van der Waals surface area contributed by atoms with Crippen molar-refractivity contribution in [3.63, 3.8) is 0 Å². The van der Waals surface area contributed by atoms with Gasteiger partial charge in [0.1, 0.15) is 0 Å². The minimum Gasteiger partial charge on any atom is -0.380 e. The molecular formula is C14H12BrClN2O2. The summed E-state index contributed by atoms with van der Waals surface area (Å²) in [4.78, 5) is 10.7. The van der Waals surface area contributed by atoms with Crippen LogP contribution in [0, 0.1) is 17.0 Å². The molecule has 0 amide bonds. The van der Waals surface area contributed by atoms with Gasteiger partial charge in [0.2, 0.25) is 0 Å². The zero-order valence-electron chi connectivity index (χ0n) is 10.7. The zero-order chi connectivity index (χ0) is 14.7. The molecule has 0 aromatic heterocycles. The summed E-state index contributed by atoms with van der Waals surface area (Å²) in [7, 11) is 0. The Morgan fingerprint density at radius 2 is 2.10 bits per heavy atom. The van der Waals surface area contributed by atoms with Crippen LogP contribution in [0.1, 0.15) is 11.1 Å². The summed E-state index contributed by atoms with van der Waals surface area (Å²) in [5.74, 6) is 0. The van der Waals surface area contributed by atoms with Crippen LogP contribution in [0.4, 0.5) is 11.4 Å². The average molecular weight is 356 g/mol. The molecule has 0 spiro atoms. The summed E-state index contributed by atoms with van der Waals surface area (Å²) in [5.41, 5.74) is 2.51. The highest BCUT2D eigenvalue weighted by Gasteiger charge is 2.14. The molecule has 0 radical (unpaired) electrons. The van der Waals surface area contributed by atoms with Gasteiger partial charge in [0.15, 0.2) is 0 Å². The van der Waals surface area contributed by atoms with Crippen LogP contribution >= 0.6 is 27.5 Å². The number of rotatable bonds is 4. The standard InChI is InChI=1S/C14H12BrClN2O2/c1-9-12(16)3-2-4-13(9)17-8-10-5-6-11(15)7-14(10)18(19)20/h2-7,17H,8H2,1H3. The van der Waals surface area contributed by atoms with Crippen LogP contribution in [-0.4, -0.2) is 4.92 Å². The van der Waals surface area contributed by atoms with Gasteiger partial charge in [0, 0.05) is 33.4 Å². The fraction of sp³-hybridized carbons (Fsp3) is 0.143. The van der Waals surface area contributed by atoms with Crippen molar-refractivity contribution >= 4 is 38.9 Å². The van der Waals surface area contributed by atoms with Crippen molar-refractivity contribution in [2.24, 2.45) is 0 Å². The number of nitro benzene ring substituents is 1. The van der Waals surface area contributed by atoms with E-state index in [2.05, 4.69) is 21.2 Å². The van der Waals surface area contributed by atoms with Crippen molar-refractivity contribution in [2.75, 3.05) is 5.32 Å². The molecule has 4 nitrogen and oxygen atoms in total. The lowest BCUT2D eigenvalue weighted by molar-refractivity contribution is -0.385. The SMILES string of the molecule is Cc1c(Cl)cccc1NCc1ccc(Br)cc1[N+](=O)[O-]. The number of hydrogen-bond donors (Lipinski definition) is 1. The first-order valence-corrected chi connectivity index (χ1v) is 7.08. The van der Waals surface area contributed by atoms with Gasteiger partial charge in [-0.1, -0.05) is 33.6 Å². The third-order valence-electron chi connectivity index (χ3n) is 2.98. The molecule has 0 saturated heterocycles. The van der Waals surface area contributed by atoms with E-state index in [-0.39, 0.29) is 10.6 Å². The fourth-order valence-corrected chi connectivity index (χ4v) is 2.37. The van der Waals surface area contributed by atoms with E-state index in [9.17, 15) is 10.1 Å². The van der Waals surface area contributed by atoms with Crippen molar-refractivity contribution in [2.45, 2.75) is 13.5 Å². The van der Waals surface area contributed by atoms with Crippen molar-refractivity contribution in [1.82, 2.24) is 0 Å². The summed E-state index contributed by atoms with van der Waals surface area (Å²) >= 11 is 9.28. The minimum absolute atomic E-state index is 0.0894. The lowest BCUT2D eigenvalue weighted by Gasteiger charge is -2.11. The Hall–Kier alpha value is -1.59. The predicted octanol–water partition coefficient (Wildman–Crippen LogP) is 4.93. The first-order chi connectivity index (χ1) is 9.49. The highest BCUT2D eigenvalue weighted by atomic mass is 79.9. The van der Waals surface area contributed by atoms with Crippen molar-refractivity contribution in [1.29, 1.82) is 0 Å². The van der Waals surface area contributed by atoms with E-state index in [1.165, 1.54) is 6.07 Å². The van der Waals surface area contributed by atoms with E-state index >= 15 is 0 Å². The van der Waals surface area contributed by atoms with Gasteiger partial charge in [0.05, 0.1) is 4.92 Å². The van der Waals surface area contributed by atoms with Gasteiger partial charge >= 0.3 is 0 Å². The summed E-state index contributed by atoms with van der Waals surface area (Å²) in [5, 5.41) is 14.9. The Bertz CT molecular complexity index is 662. The van der Waals surface area contributed by atoms with Crippen molar-refractivity contribution in [3.8, 4) is 0 Å². The summed E-state index contributed by atoms with van der Waals surface area (Å²) in [6.45, 7) is 2.27. The molecule has 0 aliphatic rings. The maximum absolute atomic E-state index is 11.0. The first-order valence-electron chi connectivity index (χ1n) is 5.91. The molecule has 0 aliphatic carbocycles. The first kappa shape index (κ1) is 14.8. The second kappa shape index (κ2) is 6.24. The molecule has 0 heterocycles. The molecule has 6 heteroatoms. The lowest BCUT2D eigenvalue weighted by atomic mass is 10.1. The third-order valence-corrected chi connectivity index (χ3v) is 3.88. The average Bonchev–Trinajstić information content (AvgIpc) is 2.41. The summed E-state index contributed by atoms with van der Waals surface area (Å²) in [6, 6.07) is 10.6. The molecule has 20 heavy (non-hydrogen) atoms. The van der Waals surface area contributed by atoms with E-state index < -0.39 is 0 Å². The Morgan fingerprint density at radius 3 is 2.80 bits per heavy atom. The normalized spacial score (nSPS) is 10.3. The van der Waals surface area contributed by atoms with E-state index in [1.807, 2.05) is 25.1 Å². The number of nitro groups is 1. The molecule has 0 saturated carbocycles. The maximum atomic E-state index is 11.0. The highest BCUT2D eigenvalue weighted by Crippen LogP contribution is 2.27. The van der Waals surface area contributed by atoms with Crippen LogP contribution in [0.25, 0.3) is 0 Å². The molecule has 0 unspecified atom stereocenters. The van der Waals surface area contributed by atoms with E-state index in [1.54, 1.807) is 12.1 Å². The smallest absolute Gasteiger partial charge is 0.275 e. The van der Waals surface area contributed by atoms with Crippen LogP contribution in [0.3, 0.4) is 0 Å². The highest BCUT2D eigenvalue weighted by molar-refractivity contribution is 9.10. The molecule has 2 rings (SSSR count). The van der Waals surface area contributed by atoms with Gasteiger partial charge in [-0.05, 0) is 36.8 Å². The topological polar surface area (TPSA) is 55.2 Å². The molecule has 1 N–H and O–H groups in total. The molecular weight excluding hydrogens is 344 g/mol. The molecule has 0 atom stereocenters. The minimum atomic E-state index is -0.382. The second-order valence-corrected chi connectivity index (χ2v) is 5.62. The van der Waals surface area contributed by atoms with Gasteiger partial charge in [-0.25, -0.2) is 0 Å². The van der Waals surface area contributed by atoms with E-state index in [4.69, 9.17) is 11.6 Å². The molecule has 2 aromatic carbocycles. The van der Waals surface area contributed by atoms with E-state index in [0.29, 0.717) is 21.6 Å². The fourth-order valence-electron chi connectivity index (χ4n) is 1.85. The van der Waals surface area contributed by atoms with E-state index in [0.717, 1.165) is 11.3 Å². The van der Waals surface area contributed by atoms with Crippen molar-refractivity contribution in [3.05, 3.63) is 67.1 Å². The number of hydrogen-bond acceptors (Lipinski definition) is 3. The number of halogens is 2.